The van der Waals surface area contributed by atoms with Crippen molar-refractivity contribution in [1.29, 1.82) is 0 Å². The van der Waals surface area contributed by atoms with Crippen molar-refractivity contribution in [3.63, 3.8) is 0 Å². The molecule has 0 spiro atoms. The van der Waals surface area contributed by atoms with Gasteiger partial charge in [0.25, 0.3) is 5.91 Å². The number of likely N-dealkylation sites (N-methyl/N-ethyl adjacent to an activating group) is 1. The van der Waals surface area contributed by atoms with Crippen LogP contribution >= 0.6 is 0 Å². The van der Waals surface area contributed by atoms with E-state index in [1.165, 1.54) is 23.1 Å². The first-order chi connectivity index (χ1) is 17.9. The topological polar surface area (TPSA) is 90.0 Å². The van der Waals surface area contributed by atoms with Crippen LogP contribution in [-0.4, -0.2) is 49.1 Å². The summed E-state index contributed by atoms with van der Waals surface area (Å²) in [7, 11) is 3.24. The number of carbonyl (C=O) groups is 4. The molecule has 0 saturated carbocycles. The van der Waals surface area contributed by atoms with Crippen molar-refractivity contribution in [1.82, 2.24) is 4.90 Å². The molecule has 0 heterocycles. The summed E-state index contributed by atoms with van der Waals surface area (Å²) in [5, 5.41) is 2.04. The van der Waals surface area contributed by atoms with Gasteiger partial charge in [0.05, 0.1) is 12.7 Å². The fraction of sp³-hybridized carbons (Fsp3) is 0.133. The molecular weight excluding hydrogens is 470 g/mol. The molecule has 4 aromatic rings. The molecule has 7 heteroatoms. The van der Waals surface area contributed by atoms with Crippen molar-refractivity contribution in [2.45, 2.75) is 6.54 Å². The quantitative estimate of drug-likeness (QED) is 0.325. The number of benzene rings is 4. The minimum Gasteiger partial charge on any atom is -0.497 e. The highest BCUT2D eigenvalue weighted by molar-refractivity contribution is 6.30. The maximum Gasteiger partial charge on any atom is 0.339 e. The Bertz CT molecular complexity index is 1590. The summed E-state index contributed by atoms with van der Waals surface area (Å²) >= 11 is 0. The Balaban J connectivity index is 1.27. The van der Waals surface area contributed by atoms with E-state index >= 15 is 0 Å². The van der Waals surface area contributed by atoms with Crippen LogP contribution in [0.4, 0.5) is 0 Å². The molecule has 184 valence electrons. The fourth-order valence-corrected chi connectivity index (χ4v) is 4.49. The molecule has 0 N–H and O–H groups in total. The van der Waals surface area contributed by atoms with E-state index in [2.05, 4.69) is 0 Å². The highest BCUT2D eigenvalue weighted by Gasteiger charge is 2.33. The summed E-state index contributed by atoms with van der Waals surface area (Å²) < 4.78 is 10.5. The molecule has 4 aromatic carbocycles. The second kappa shape index (κ2) is 9.70. The molecule has 0 unspecified atom stereocenters. The molecule has 1 aliphatic carbocycles. The van der Waals surface area contributed by atoms with Gasteiger partial charge >= 0.3 is 5.97 Å². The molecule has 0 aliphatic heterocycles. The number of hydrogen-bond acceptors (Lipinski definition) is 6. The zero-order valence-electron chi connectivity index (χ0n) is 20.3. The average Bonchev–Trinajstić information content (AvgIpc) is 2.93. The molecule has 1 amide bonds. The molecule has 0 aromatic heterocycles. The maximum absolute atomic E-state index is 13.1. The van der Waals surface area contributed by atoms with Crippen molar-refractivity contribution in [3.8, 4) is 5.75 Å². The lowest BCUT2D eigenvalue weighted by Gasteiger charge is -2.20. The Labute approximate surface area is 213 Å². The average molecular weight is 494 g/mol. The van der Waals surface area contributed by atoms with Crippen molar-refractivity contribution in [3.05, 3.63) is 112 Å². The minimum absolute atomic E-state index is 0.00444. The third-order valence-electron chi connectivity index (χ3n) is 6.46. The number of nitrogens with zero attached hydrogens (tertiary/aromatic N) is 1. The van der Waals surface area contributed by atoms with Crippen molar-refractivity contribution in [2.24, 2.45) is 0 Å². The lowest BCUT2D eigenvalue weighted by Crippen LogP contribution is -2.31. The number of amides is 1. The van der Waals surface area contributed by atoms with Crippen molar-refractivity contribution in [2.75, 3.05) is 20.8 Å². The van der Waals surface area contributed by atoms with E-state index in [0.717, 1.165) is 22.1 Å². The number of esters is 1. The smallest absolute Gasteiger partial charge is 0.339 e. The van der Waals surface area contributed by atoms with Gasteiger partial charge in [0, 0.05) is 35.8 Å². The van der Waals surface area contributed by atoms with E-state index in [1.54, 1.807) is 38.4 Å². The van der Waals surface area contributed by atoms with E-state index in [1.807, 2.05) is 36.4 Å². The Morgan fingerprint density at radius 2 is 1.46 bits per heavy atom. The Morgan fingerprint density at radius 1 is 0.784 bits per heavy atom. The van der Waals surface area contributed by atoms with Gasteiger partial charge < -0.3 is 14.4 Å². The zero-order chi connectivity index (χ0) is 26.1. The van der Waals surface area contributed by atoms with Gasteiger partial charge in [-0.25, -0.2) is 4.79 Å². The van der Waals surface area contributed by atoms with Crippen LogP contribution in [0.15, 0.2) is 78.9 Å². The van der Waals surface area contributed by atoms with Gasteiger partial charge in [-0.05, 0) is 40.6 Å². The summed E-state index contributed by atoms with van der Waals surface area (Å²) in [6.45, 7) is -0.175. The molecule has 5 rings (SSSR count). The zero-order valence-corrected chi connectivity index (χ0v) is 20.3. The molecule has 0 fully saturated rings. The van der Waals surface area contributed by atoms with Gasteiger partial charge in [-0.15, -0.1) is 0 Å². The summed E-state index contributed by atoms with van der Waals surface area (Å²) in [5.41, 5.74) is 1.57. The largest absolute Gasteiger partial charge is 0.497 e. The van der Waals surface area contributed by atoms with Gasteiger partial charge in [-0.3, -0.25) is 14.4 Å². The van der Waals surface area contributed by atoms with Crippen molar-refractivity contribution >= 4 is 34.2 Å². The predicted octanol–water partition coefficient (Wildman–Crippen LogP) is 4.44. The van der Waals surface area contributed by atoms with E-state index in [0.29, 0.717) is 12.1 Å². The molecule has 1 aliphatic rings. The van der Waals surface area contributed by atoms with E-state index in [-0.39, 0.29) is 28.0 Å². The SMILES string of the molecule is COc1ccc2cc(CN(C)C(=O)COC(=O)c3cccc4c3C(=O)c3ccccc3C4=O)ccc2c1. The van der Waals surface area contributed by atoms with Crippen LogP contribution in [0.25, 0.3) is 10.8 Å². The highest BCUT2D eigenvalue weighted by atomic mass is 16.5. The Morgan fingerprint density at radius 3 is 2.22 bits per heavy atom. The van der Waals surface area contributed by atoms with E-state index in [9.17, 15) is 19.2 Å². The van der Waals surface area contributed by atoms with Crippen LogP contribution in [-0.2, 0) is 16.1 Å². The van der Waals surface area contributed by atoms with Crippen LogP contribution in [0, 0.1) is 0 Å². The van der Waals surface area contributed by atoms with Crippen LogP contribution in [0.5, 0.6) is 5.75 Å². The second-order valence-corrected chi connectivity index (χ2v) is 8.81. The molecular formula is C30H23NO6. The number of rotatable bonds is 6. The third kappa shape index (κ3) is 4.47. The van der Waals surface area contributed by atoms with Crippen LogP contribution < -0.4 is 4.74 Å². The fourth-order valence-electron chi connectivity index (χ4n) is 4.49. The van der Waals surface area contributed by atoms with Crippen LogP contribution in [0.3, 0.4) is 0 Å². The summed E-state index contributed by atoms with van der Waals surface area (Å²) in [4.78, 5) is 53.1. The third-order valence-corrected chi connectivity index (χ3v) is 6.46. The van der Waals surface area contributed by atoms with Crippen molar-refractivity contribution < 1.29 is 28.7 Å². The van der Waals surface area contributed by atoms with Crippen LogP contribution in [0.1, 0.15) is 47.8 Å². The van der Waals surface area contributed by atoms with Gasteiger partial charge in [0.1, 0.15) is 5.75 Å². The van der Waals surface area contributed by atoms with Gasteiger partial charge in [0.15, 0.2) is 18.2 Å². The first kappa shape index (κ1) is 23.9. The molecule has 37 heavy (non-hydrogen) atoms. The summed E-state index contributed by atoms with van der Waals surface area (Å²) in [5.74, 6) is -1.22. The second-order valence-electron chi connectivity index (χ2n) is 8.81. The lowest BCUT2D eigenvalue weighted by molar-refractivity contribution is -0.133. The number of ether oxygens (including phenoxy) is 2. The van der Waals surface area contributed by atoms with Gasteiger partial charge in [0.2, 0.25) is 0 Å². The normalized spacial score (nSPS) is 12.1. The van der Waals surface area contributed by atoms with E-state index < -0.39 is 24.3 Å². The molecule has 7 nitrogen and oxygen atoms in total. The number of methoxy groups -OCH3 is 1. The molecule has 0 atom stereocenters. The number of fused-ring (bicyclic) bond motifs is 3. The first-order valence-electron chi connectivity index (χ1n) is 11.7. The number of ketones is 2. The monoisotopic (exact) mass is 493 g/mol. The van der Waals surface area contributed by atoms with Crippen LogP contribution in [0.2, 0.25) is 0 Å². The maximum atomic E-state index is 13.1. The van der Waals surface area contributed by atoms with Gasteiger partial charge in [-0.2, -0.15) is 0 Å². The minimum atomic E-state index is -0.834. The lowest BCUT2D eigenvalue weighted by atomic mass is 9.82. The Kier molecular flexibility index (Phi) is 6.27. The predicted molar refractivity (Wildman–Crippen MR) is 137 cm³/mol. The molecule has 0 radical (unpaired) electrons. The number of hydrogen-bond donors (Lipinski definition) is 0. The summed E-state index contributed by atoms with van der Waals surface area (Å²) in [6.07, 6.45) is 0. The molecule has 0 saturated heterocycles. The standard InChI is InChI=1S/C30H23NO6/c1-31(16-18-10-11-20-15-21(36-2)13-12-19(20)14-18)26(32)17-37-30(35)25-9-5-8-24-27(25)29(34)23-7-4-3-6-22(23)28(24)33/h3-15H,16-17H2,1-2H3. The van der Waals surface area contributed by atoms with E-state index in [4.69, 9.17) is 9.47 Å². The first-order valence-corrected chi connectivity index (χ1v) is 11.7. The Hall–Kier alpha value is -4.78. The summed E-state index contributed by atoms with van der Waals surface area (Å²) in [6, 6.07) is 22.6. The highest BCUT2D eigenvalue weighted by Crippen LogP contribution is 2.30. The molecule has 0 bridgehead atoms. The van der Waals surface area contributed by atoms with Gasteiger partial charge in [-0.1, -0.05) is 54.6 Å². The number of carbonyl (C=O) groups excluding carboxylic acids is 4.